The first-order valence-electron chi connectivity index (χ1n) is 21.8. The number of carbonyl (C=O) groups excluding carboxylic acids is 1. The maximum atomic E-state index is 14.4. The Hall–Kier alpha value is -5.01. The van der Waals surface area contributed by atoms with Crippen molar-refractivity contribution >= 4 is 5.78 Å². The average Bonchev–Trinajstić information content (AvgIpc) is 3.80. The minimum Gasteiger partial charge on any atom is -0.289 e. The predicted octanol–water partition coefficient (Wildman–Crippen LogP) is 15.5. The van der Waals surface area contributed by atoms with Gasteiger partial charge in [-0.15, -0.1) is 0 Å². The largest absolute Gasteiger partial charge is 0.289 e. The predicted molar refractivity (Wildman–Crippen MR) is 237 cm³/mol. The zero-order valence-electron chi connectivity index (χ0n) is 33.9. The summed E-state index contributed by atoms with van der Waals surface area (Å²) >= 11 is 0. The van der Waals surface area contributed by atoms with E-state index >= 15 is 0 Å². The third-order valence-corrected chi connectivity index (χ3v) is 13.8. The lowest BCUT2D eigenvalue weighted by Crippen LogP contribution is -2.25. The van der Waals surface area contributed by atoms with E-state index in [9.17, 15) is 4.79 Å². The summed E-state index contributed by atoms with van der Waals surface area (Å²) in [6.45, 7) is 9.25. The van der Waals surface area contributed by atoms with Crippen molar-refractivity contribution in [2.75, 3.05) is 0 Å². The normalized spacial score (nSPS) is 14.9. The highest BCUT2D eigenvalue weighted by atomic mass is 16.1. The number of ketones is 1. The summed E-state index contributed by atoms with van der Waals surface area (Å²) in [5.74, 6) is 0.140. The quantitative estimate of drug-likeness (QED) is 0.109. The maximum Gasteiger partial charge on any atom is 0.194 e. The van der Waals surface area contributed by atoms with E-state index in [4.69, 9.17) is 0 Å². The van der Waals surface area contributed by atoms with E-state index in [1.165, 1.54) is 133 Å². The van der Waals surface area contributed by atoms with E-state index in [0.29, 0.717) is 0 Å². The van der Waals surface area contributed by atoms with Crippen molar-refractivity contribution in [2.24, 2.45) is 0 Å². The maximum absolute atomic E-state index is 14.4. The Labute approximate surface area is 335 Å². The zero-order valence-corrected chi connectivity index (χ0v) is 33.9. The average molecular weight is 733 g/mol. The van der Waals surface area contributed by atoms with Crippen molar-refractivity contribution in [1.82, 2.24) is 0 Å². The molecule has 1 nitrogen and oxygen atoms in total. The van der Waals surface area contributed by atoms with Gasteiger partial charge in [-0.05, 0) is 128 Å². The molecule has 0 radical (unpaired) electrons. The van der Waals surface area contributed by atoms with E-state index in [-0.39, 0.29) is 16.6 Å². The van der Waals surface area contributed by atoms with Gasteiger partial charge < -0.3 is 0 Å². The van der Waals surface area contributed by atoms with Gasteiger partial charge in [-0.25, -0.2) is 0 Å². The van der Waals surface area contributed by atoms with Crippen LogP contribution in [0, 0.1) is 0 Å². The van der Waals surface area contributed by atoms with Gasteiger partial charge in [0.15, 0.2) is 5.78 Å². The standard InChI is InChI=1S/C55H56O/c1-5-9-29-54(30-10-6-2)49-19-15-13-17-43(49)45-27-23-39(35-51(45)54)37-21-25-41-42-26-22-38(34-48(42)53(56)47(41)33-37)40-24-28-46-44-18-14-16-20-50(44)55(31-11-7-3,32-12-8-4)52(46)36-40/h13-28,33-36H,5-12,29-32H2,1-4H3. The smallest absolute Gasteiger partial charge is 0.194 e. The van der Waals surface area contributed by atoms with Crippen LogP contribution in [0.3, 0.4) is 0 Å². The third kappa shape index (κ3) is 5.68. The van der Waals surface area contributed by atoms with Crippen LogP contribution in [0.15, 0.2) is 121 Å². The molecule has 0 aliphatic heterocycles. The molecule has 0 saturated heterocycles. The molecule has 6 aromatic carbocycles. The van der Waals surface area contributed by atoms with E-state index in [1.54, 1.807) is 0 Å². The Morgan fingerprint density at radius 2 is 0.661 bits per heavy atom. The monoisotopic (exact) mass is 732 g/mol. The van der Waals surface area contributed by atoms with Gasteiger partial charge in [-0.3, -0.25) is 4.79 Å². The SMILES string of the molecule is CCCCC1(CCCC)c2ccccc2-c2ccc(-c3ccc4c(c3)C(=O)c3cc(-c5ccc6c(c5)C(CCCC)(CCCC)c5ccccc5-6)ccc3-4)cc21. The molecule has 9 rings (SSSR count). The van der Waals surface area contributed by atoms with E-state index in [1.807, 2.05) is 0 Å². The lowest BCUT2D eigenvalue weighted by atomic mass is 9.70. The molecule has 0 N–H and O–H groups in total. The molecular weight excluding hydrogens is 677 g/mol. The first-order chi connectivity index (χ1) is 27.5. The Morgan fingerprint density at radius 3 is 1.04 bits per heavy atom. The highest BCUT2D eigenvalue weighted by Gasteiger charge is 2.43. The van der Waals surface area contributed by atoms with Crippen LogP contribution in [0.1, 0.15) is 143 Å². The highest BCUT2D eigenvalue weighted by molar-refractivity contribution is 6.22. The summed E-state index contributed by atoms with van der Waals surface area (Å²) in [6, 6.07) is 45.7. The molecule has 3 aliphatic carbocycles. The fraction of sp³-hybridized carbons (Fsp3) is 0.327. The zero-order chi connectivity index (χ0) is 38.4. The molecule has 282 valence electrons. The summed E-state index contributed by atoms with van der Waals surface area (Å²) in [6.07, 6.45) is 14.3. The highest BCUT2D eigenvalue weighted by Crippen LogP contribution is 2.56. The summed E-state index contributed by atoms with van der Waals surface area (Å²) < 4.78 is 0. The Kier molecular flexibility index (Phi) is 9.69. The molecule has 0 fully saturated rings. The molecule has 0 atom stereocenters. The van der Waals surface area contributed by atoms with Gasteiger partial charge in [0.1, 0.15) is 0 Å². The van der Waals surface area contributed by atoms with Crippen LogP contribution in [-0.4, -0.2) is 5.78 Å². The van der Waals surface area contributed by atoms with Crippen LogP contribution >= 0.6 is 0 Å². The van der Waals surface area contributed by atoms with Crippen LogP contribution in [0.5, 0.6) is 0 Å². The van der Waals surface area contributed by atoms with E-state index in [0.717, 1.165) is 33.4 Å². The van der Waals surface area contributed by atoms with Crippen LogP contribution in [0.25, 0.3) is 55.6 Å². The third-order valence-electron chi connectivity index (χ3n) is 13.8. The second-order valence-corrected chi connectivity index (χ2v) is 17.0. The number of fused-ring (bicyclic) bond motifs is 9. The van der Waals surface area contributed by atoms with Gasteiger partial charge in [0.05, 0.1) is 0 Å². The summed E-state index contributed by atoms with van der Waals surface area (Å²) in [5.41, 5.74) is 20.0. The molecule has 0 saturated carbocycles. The van der Waals surface area contributed by atoms with Gasteiger partial charge in [0.25, 0.3) is 0 Å². The second-order valence-electron chi connectivity index (χ2n) is 17.0. The molecule has 6 aromatic rings. The van der Waals surface area contributed by atoms with E-state index in [2.05, 4.69) is 149 Å². The van der Waals surface area contributed by atoms with Crippen LogP contribution in [-0.2, 0) is 10.8 Å². The molecule has 56 heavy (non-hydrogen) atoms. The molecule has 3 aliphatic rings. The van der Waals surface area contributed by atoms with Crippen molar-refractivity contribution < 1.29 is 4.79 Å². The topological polar surface area (TPSA) is 17.1 Å². The van der Waals surface area contributed by atoms with Gasteiger partial charge in [-0.1, -0.05) is 176 Å². The number of unbranched alkanes of at least 4 members (excludes halogenated alkanes) is 4. The van der Waals surface area contributed by atoms with Crippen LogP contribution < -0.4 is 0 Å². The van der Waals surface area contributed by atoms with Crippen molar-refractivity contribution in [2.45, 2.75) is 116 Å². The number of benzene rings is 6. The second kappa shape index (κ2) is 14.8. The lowest BCUT2D eigenvalue weighted by molar-refractivity contribution is 0.104. The Bertz CT molecular complexity index is 2270. The fourth-order valence-electron chi connectivity index (χ4n) is 10.9. The molecule has 0 unspecified atom stereocenters. The van der Waals surface area contributed by atoms with Crippen molar-refractivity contribution in [3.8, 4) is 55.6 Å². The molecule has 0 aromatic heterocycles. The molecule has 1 heteroatoms. The summed E-state index contributed by atoms with van der Waals surface area (Å²) in [7, 11) is 0. The minimum atomic E-state index is 0.0408. The Morgan fingerprint density at radius 1 is 0.339 bits per heavy atom. The van der Waals surface area contributed by atoms with Gasteiger partial charge in [0.2, 0.25) is 0 Å². The fourth-order valence-corrected chi connectivity index (χ4v) is 10.9. The summed E-state index contributed by atoms with van der Waals surface area (Å²) in [4.78, 5) is 14.4. The van der Waals surface area contributed by atoms with Gasteiger partial charge in [0, 0.05) is 22.0 Å². The number of rotatable bonds is 14. The lowest BCUT2D eigenvalue weighted by Gasteiger charge is -2.33. The Balaban J connectivity index is 1.07. The van der Waals surface area contributed by atoms with E-state index < -0.39 is 0 Å². The van der Waals surface area contributed by atoms with Crippen LogP contribution in [0.4, 0.5) is 0 Å². The summed E-state index contributed by atoms with van der Waals surface area (Å²) in [5, 5.41) is 0. The van der Waals surface area contributed by atoms with Crippen molar-refractivity contribution in [1.29, 1.82) is 0 Å². The van der Waals surface area contributed by atoms with Crippen molar-refractivity contribution in [3.63, 3.8) is 0 Å². The number of hydrogen-bond acceptors (Lipinski definition) is 1. The number of carbonyl (C=O) groups is 1. The first kappa shape index (κ1) is 36.6. The van der Waals surface area contributed by atoms with Crippen molar-refractivity contribution in [3.05, 3.63) is 155 Å². The molecule has 0 spiro atoms. The minimum absolute atomic E-state index is 0.0408. The molecular formula is C55H56O. The number of hydrogen-bond donors (Lipinski definition) is 0. The molecule has 0 heterocycles. The van der Waals surface area contributed by atoms with Gasteiger partial charge >= 0.3 is 0 Å². The van der Waals surface area contributed by atoms with Crippen LogP contribution in [0.2, 0.25) is 0 Å². The first-order valence-corrected chi connectivity index (χ1v) is 21.8. The molecule has 0 bridgehead atoms. The van der Waals surface area contributed by atoms with Gasteiger partial charge in [-0.2, -0.15) is 0 Å². The molecule has 0 amide bonds.